The molecule has 1 aromatic carbocycles. The van der Waals surface area contributed by atoms with Gasteiger partial charge in [-0.15, -0.1) is 0 Å². The molecule has 0 spiro atoms. The number of aryl methyl sites for hydroxylation is 2. The molecular formula is C20H18N6O. The Bertz CT molecular complexity index is 1170. The van der Waals surface area contributed by atoms with E-state index in [9.17, 15) is 4.79 Å². The number of hydrogen-bond donors (Lipinski definition) is 1. The molecule has 0 fully saturated rings. The fraction of sp³-hybridized carbons (Fsp3) is 0.200. The summed E-state index contributed by atoms with van der Waals surface area (Å²) in [4.78, 5) is 16.7. The summed E-state index contributed by atoms with van der Waals surface area (Å²) in [7, 11) is 0. The monoisotopic (exact) mass is 358 g/mol. The summed E-state index contributed by atoms with van der Waals surface area (Å²) in [5.41, 5.74) is 5.89. The highest BCUT2D eigenvalue weighted by Crippen LogP contribution is 2.40. The fourth-order valence-corrected chi connectivity index (χ4v) is 3.75. The van der Waals surface area contributed by atoms with Gasteiger partial charge in [-0.2, -0.15) is 10.2 Å². The van der Waals surface area contributed by atoms with Crippen LogP contribution in [0.25, 0.3) is 11.3 Å². The highest BCUT2D eigenvalue weighted by Gasteiger charge is 2.32. The van der Waals surface area contributed by atoms with E-state index in [1.54, 1.807) is 4.52 Å². The number of nitrogens with zero attached hydrogens (tertiary/aromatic N) is 5. The third kappa shape index (κ3) is 2.51. The molecule has 1 unspecified atom stereocenters. The van der Waals surface area contributed by atoms with E-state index >= 15 is 0 Å². The summed E-state index contributed by atoms with van der Waals surface area (Å²) in [6.45, 7) is 4.04. The number of pyridine rings is 1. The first-order valence-electron chi connectivity index (χ1n) is 8.86. The lowest BCUT2D eigenvalue weighted by atomic mass is 9.86. The first kappa shape index (κ1) is 15.7. The summed E-state index contributed by atoms with van der Waals surface area (Å²) >= 11 is 0. The van der Waals surface area contributed by atoms with Crippen molar-refractivity contribution in [1.82, 2.24) is 24.4 Å². The molecule has 0 saturated heterocycles. The van der Waals surface area contributed by atoms with Crippen molar-refractivity contribution in [1.29, 1.82) is 0 Å². The maximum atomic E-state index is 12.5. The molecule has 0 aliphatic carbocycles. The van der Waals surface area contributed by atoms with Gasteiger partial charge < -0.3 is 5.32 Å². The zero-order valence-corrected chi connectivity index (χ0v) is 15.0. The number of rotatable bonds is 2. The standard InChI is InChI=1S/C20H18N6O/c1-12-3-5-15(6-4-12)26-20-19(13(2)24-26)16(10-18(27)23-20)14-7-8-25-17(9-14)21-11-22-25/h3-9,11,16H,10H2,1-2H3,(H,23,27). The van der Waals surface area contributed by atoms with Crippen LogP contribution in [0.1, 0.15) is 34.7 Å². The van der Waals surface area contributed by atoms with Gasteiger partial charge in [-0.3, -0.25) is 4.79 Å². The number of carbonyl (C=O) groups excluding carboxylic acids is 1. The molecule has 1 N–H and O–H groups in total. The smallest absolute Gasteiger partial charge is 0.226 e. The van der Waals surface area contributed by atoms with Gasteiger partial charge in [0.25, 0.3) is 0 Å². The van der Waals surface area contributed by atoms with E-state index in [4.69, 9.17) is 5.10 Å². The number of carbonyl (C=O) groups is 1. The number of benzene rings is 1. The van der Waals surface area contributed by atoms with Gasteiger partial charge in [-0.05, 0) is 43.7 Å². The molecule has 1 atom stereocenters. The Hall–Kier alpha value is -3.48. The number of aromatic nitrogens is 5. The SMILES string of the molecule is Cc1ccc(-n2nc(C)c3c2NC(=O)CC3c2ccn3ncnc3c2)cc1. The van der Waals surface area contributed by atoms with Crippen LogP contribution in [-0.4, -0.2) is 30.3 Å². The summed E-state index contributed by atoms with van der Waals surface area (Å²) in [6.07, 6.45) is 3.79. The maximum absolute atomic E-state index is 12.5. The van der Waals surface area contributed by atoms with Crippen molar-refractivity contribution < 1.29 is 4.79 Å². The van der Waals surface area contributed by atoms with E-state index in [0.717, 1.165) is 34.0 Å². The van der Waals surface area contributed by atoms with Gasteiger partial charge >= 0.3 is 0 Å². The Morgan fingerprint density at radius 1 is 1.15 bits per heavy atom. The molecule has 4 aromatic rings. The summed E-state index contributed by atoms with van der Waals surface area (Å²) in [6, 6.07) is 12.1. The minimum absolute atomic E-state index is 0.0119. The fourth-order valence-electron chi connectivity index (χ4n) is 3.75. The molecule has 1 amide bonds. The van der Waals surface area contributed by atoms with Gasteiger partial charge in [0.05, 0.1) is 11.4 Å². The first-order chi connectivity index (χ1) is 13.1. The minimum atomic E-state index is -0.0605. The normalized spacial score (nSPS) is 16.4. The van der Waals surface area contributed by atoms with Gasteiger partial charge in [-0.1, -0.05) is 17.7 Å². The Kier molecular flexibility index (Phi) is 3.36. The zero-order chi connectivity index (χ0) is 18.5. The van der Waals surface area contributed by atoms with Crippen molar-refractivity contribution in [3.05, 3.63) is 71.3 Å². The third-order valence-corrected chi connectivity index (χ3v) is 5.09. The average Bonchev–Trinajstić information content (AvgIpc) is 3.26. The van der Waals surface area contributed by atoms with Crippen LogP contribution in [0, 0.1) is 13.8 Å². The topological polar surface area (TPSA) is 77.1 Å². The Balaban J connectivity index is 1.67. The quantitative estimate of drug-likeness (QED) is 0.598. The molecule has 0 bridgehead atoms. The Morgan fingerprint density at radius 2 is 1.96 bits per heavy atom. The second kappa shape index (κ2) is 5.77. The molecule has 0 saturated carbocycles. The average molecular weight is 358 g/mol. The molecule has 1 aliphatic heterocycles. The van der Waals surface area contributed by atoms with E-state index in [-0.39, 0.29) is 11.8 Å². The molecule has 4 heterocycles. The summed E-state index contributed by atoms with van der Waals surface area (Å²) < 4.78 is 3.54. The number of hydrogen-bond acceptors (Lipinski definition) is 4. The molecule has 7 heteroatoms. The molecule has 0 radical (unpaired) electrons. The van der Waals surface area contributed by atoms with Crippen molar-refractivity contribution >= 4 is 17.4 Å². The number of nitrogens with one attached hydrogen (secondary N) is 1. The van der Waals surface area contributed by atoms with Crippen LogP contribution in [-0.2, 0) is 4.79 Å². The van der Waals surface area contributed by atoms with Gasteiger partial charge in [0.2, 0.25) is 5.91 Å². The van der Waals surface area contributed by atoms with E-state index in [0.29, 0.717) is 6.42 Å². The zero-order valence-electron chi connectivity index (χ0n) is 15.0. The van der Waals surface area contributed by atoms with Crippen molar-refractivity contribution in [2.75, 3.05) is 5.32 Å². The highest BCUT2D eigenvalue weighted by molar-refractivity contribution is 5.95. The van der Waals surface area contributed by atoms with Crippen molar-refractivity contribution in [3.8, 4) is 5.69 Å². The molecule has 134 valence electrons. The van der Waals surface area contributed by atoms with Crippen LogP contribution < -0.4 is 5.32 Å². The van der Waals surface area contributed by atoms with Gasteiger partial charge in [0, 0.05) is 24.1 Å². The maximum Gasteiger partial charge on any atom is 0.226 e. The number of amides is 1. The van der Waals surface area contributed by atoms with Crippen LogP contribution in [0.15, 0.2) is 48.9 Å². The Morgan fingerprint density at radius 3 is 2.78 bits per heavy atom. The Labute approximate surface area is 155 Å². The number of anilines is 1. The van der Waals surface area contributed by atoms with Crippen LogP contribution in [0.4, 0.5) is 5.82 Å². The lowest BCUT2D eigenvalue weighted by Crippen LogP contribution is -2.25. The van der Waals surface area contributed by atoms with Crippen molar-refractivity contribution in [2.24, 2.45) is 0 Å². The lowest BCUT2D eigenvalue weighted by Gasteiger charge is -2.24. The van der Waals surface area contributed by atoms with E-state index < -0.39 is 0 Å². The lowest BCUT2D eigenvalue weighted by molar-refractivity contribution is -0.116. The van der Waals surface area contributed by atoms with E-state index in [1.165, 1.54) is 11.9 Å². The second-order valence-corrected chi connectivity index (χ2v) is 6.92. The van der Waals surface area contributed by atoms with Crippen LogP contribution in [0.3, 0.4) is 0 Å². The minimum Gasteiger partial charge on any atom is -0.310 e. The predicted molar refractivity (Wildman–Crippen MR) is 101 cm³/mol. The summed E-state index contributed by atoms with van der Waals surface area (Å²) in [5.74, 6) is 0.677. The first-order valence-corrected chi connectivity index (χ1v) is 8.86. The third-order valence-electron chi connectivity index (χ3n) is 5.09. The van der Waals surface area contributed by atoms with Gasteiger partial charge in [-0.25, -0.2) is 14.2 Å². The molecule has 1 aliphatic rings. The van der Waals surface area contributed by atoms with E-state index in [2.05, 4.69) is 15.4 Å². The van der Waals surface area contributed by atoms with Gasteiger partial charge in [0.1, 0.15) is 12.1 Å². The van der Waals surface area contributed by atoms with Crippen LogP contribution in [0.2, 0.25) is 0 Å². The number of fused-ring (bicyclic) bond motifs is 2. The van der Waals surface area contributed by atoms with Crippen LogP contribution in [0.5, 0.6) is 0 Å². The molecule has 7 nitrogen and oxygen atoms in total. The van der Waals surface area contributed by atoms with Crippen molar-refractivity contribution in [3.63, 3.8) is 0 Å². The molecular weight excluding hydrogens is 340 g/mol. The van der Waals surface area contributed by atoms with E-state index in [1.807, 2.05) is 61.1 Å². The molecule has 3 aromatic heterocycles. The summed E-state index contributed by atoms with van der Waals surface area (Å²) in [5, 5.41) is 11.9. The highest BCUT2D eigenvalue weighted by atomic mass is 16.1. The van der Waals surface area contributed by atoms with Crippen LogP contribution >= 0.6 is 0 Å². The predicted octanol–water partition coefficient (Wildman–Crippen LogP) is 3.01. The largest absolute Gasteiger partial charge is 0.310 e. The molecule has 5 rings (SSSR count). The van der Waals surface area contributed by atoms with Crippen molar-refractivity contribution in [2.45, 2.75) is 26.2 Å². The molecule has 27 heavy (non-hydrogen) atoms. The second-order valence-electron chi connectivity index (χ2n) is 6.92. The van der Waals surface area contributed by atoms with Gasteiger partial charge in [0.15, 0.2) is 5.65 Å².